The predicted octanol–water partition coefficient (Wildman–Crippen LogP) is 2.97. The highest BCUT2D eigenvalue weighted by Gasteiger charge is 2.40. The van der Waals surface area contributed by atoms with Gasteiger partial charge in [-0.25, -0.2) is 4.79 Å². The van der Waals surface area contributed by atoms with E-state index in [1.54, 1.807) is 10.4 Å². The number of rotatable bonds is 12. The summed E-state index contributed by atoms with van der Waals surface area (Å²) in [5, 5.41) is 24.8. The van der Waals surface area contributed by atoms with E-state index in [9.17, 15) is 19.6 Å². The van der Waals surface area contributed by atoms with E-state index in [-0.39, 0.29) is 29.5 Å². The van der Waals surface area contributed by atoms with Crippen LogP contribution < -0.4 is 5.32 Å². The molecule has 10 nitrogen and oxygen atoms in total. The Morgan fingerprint density at radius 1 is 1.19 bits per heavy atom. The maximum absolute atomic E-state index is 13.7. The number of alkyl carbamates (subject to hydrolysis) is 1. The third-order valence-corrected chi connectivity index (χ3v) is 10.0. The van der Waals surface area contributed by atoms with Gasteiger partial charge in [-0.2, -0.15) is 0 Å². The molecule has 2 aliphatic heterocycles. The van der Waals surface area contributed by atoms with Gasteiger partial charge >= 0.3 is 6.09 Å². The van der Waals surface area contributed by atoms with Crippen LogP contribution in [0.3, 0.4) is 0 Å². The van der Waals surface area contributed by atoms with Crippen LogP contribution in [-0.2, 0) is 32.0 Å². The van der Waals surface area contributed by atoms with Gasteiger partial charge < -0.3 is 34.3 Å². The van der Waals surface area contributed by atoms with Crippen molar-refractivity contribution in [3.8, 4) is 5.75 Å². The number of hydrogen-bond donors (Lipinski definition) is 3. The molecule has 3 fully saturated rings. The number of hydrogen-bond acceptors (Lipinski definition) is 9. The van der Waals surface area contributed by atoms with Crippen molar-refractivity contribution in [1.82, 2.24) is 14.5 Å². The van der Waals surface area contributed by atoms with Crippen LogP contribution in [-0.4, -0.2) is 107 Å². The van der Waals surface area contributed by atoms with E-state index in [0.717, 1.165) is 38.1 Å². The van der Waals surface area contributed by atoms with Crippen LogP contribution in [0.15, 0.2) is 53.4 Å². The van der Waals surface area contributed by atoms with Gasteiger partial charge in [0, 0.05) is 38.7 Å². The van der Waals surface area contributed by atoms with E-state index >= 15 is 0 Å². The number of ether oxygens (including phenoxy) is 3. The fourth-order valence-corrected chi connectivity index (χ4v) is 7.25. The molecule has 0 radical (unpaired) electrons. The number of nitrogens with zero attached hydrogens (tertiary/aromatic N) is 2. The second-order valence-electron chi connectivity index (χ2n) is 11.2. The molecular formula is C30H40ClN3O7S. The summed E-state index contributed by atoms with van der Waals surface area (Å²) in [5.41, 5.74) is 0.939. The van der Waals surface area contributed by atoms with E-state index < -0.39 is 29.6 Å². The Hall–Kier alpha value is -2.09. The van der Waals surface area contributed by atoms with Crippen molar-refractivity contribution in [3.05, 3.63) is 59.1 Å². The Morgan fingerprint density at radius 3 is 2.71 bits per heavy atom. The molecule has 5 rings (SSSR count). The number of aromatic hydroxyl groups is 1. The zero-order valence-corrected chi connectivity index (χ0v) is 25.2. The first-order valence-corrected chi connectivity index (χ1v) is 16.1. The highest BCUT2D eigenvalue weighted by atomic mass is 35.5. The van der Waals surface area contributed by atoms with E-state index in [2.05, 4.69) is 10.2 Å². The molecule has 0 bridgehead atoms. The lowest BCUT2D eigenvalue weighted by Gasteiger charge is -2.32. The average molecular weight is 622 g/mol. The summed E-state index contributed by atoms with van der Waals surface area (Å²) < 4.78 is 32.4. The highest BCUT2D eigenvalue weighted by Crippen LogP contribution is 2.37. The molecule has 1 saturated carbocycles. The van der Waals surface area contributed by atoms with Crippen molar-refractivity contribution in [1.29, 1.82) is 0 Å². The lowest BCUT2D eigenvalue weighted by atomic mass is 10.0. The van der Waals surface area contributed by atoms with E-state index in [1.807, 2.05) is 30.3 Å². The first-order chi connectivity index (χ1) is 20.4. The van der Waals surface area contributed by atoms with Crippen LogP contribution in [0.5, 0.6) is 5.75 Å². The monoisotopic (exact) mass is 621 g/mol. The highest BCUT2D eigenvalue weighted by molar-refractivity contribution is 7.89. The van der Waals surface area contributed by atoms with Crippen LogP contribution in [0.25, 0.3) is 0 Å². The van der Waals surface area contributed by atoms with Crippen molar-refractivity contribution < 1.29 is 33.8 Å². The molecule has 6 atom stereocenters. The number of aliphatic hydroxyl groups excluding tert-OH is 1. The number of morpholine rings is 1. The maximum atomic E-state index is 13.7. The number of fused-ring (bicyclic) bond motifs is 1. The topological polar surface area (TPSA) is 127 Å². The largest absolute Gasteiger partial charge is 0.593 e. The quantitative estimate of drug-likeness (QED) is 0.307. The van der Waals surface area contributed by atoms with Gasteiger partial charge in [-0.15, -0.1) is 4.31 Å². The minimum atomic E-state index is -1.71. The zero-order chi connectivity index (χ0) is 29.5. The third-order valence-electron chi connectivity index (χ3n) is 8.26. The number of benzene rings is 2. The second-order valence-corrected chi connectivity index (χ2v) is 13.1. The second kappa shape index (κ2) is 15.1. The number of carbonyl (C=O) groups excluding carboxylic acids is 1. The first kappa shape index (κ1) is 31.3. The molecule has 0 aromatic heterocycles. The molecule has 42 heavy (non-hydrogen) atoms. The maximum Gasteiger partial charge on any atom is 0.407 e. The van der Waals surface area contributed by atoms with Crippen LogP contribution in [0.1, 0.15) is 24.8 Å². The molecule has 12 heteroatoms. The smallest absolute Gasteiger partial charge is 0.407 e. The van der Waals surface area contributed by atoms with Gasteiger partial charge in [-0.3, -0.25) is 4.90 Å². The number of nitrogens with one attached hydrogen (secondary N) is 1. The first-order valence-electron chi connectivity index (χ1n) is 14.6. The average Bonchev–Trinajstić information content (AvgIpc) is 3.59. The van der Waals surface area contributed by atoms with Crippen LogP contribution >= 0.6 is 11.6 Å². The van der Waals surface area contributed by atoms with E-state index in [1.165, 1.54) is 12.1 Å². The standard InChI is InChI=1S/C30H40ClN3O7S/c31-25-7-6-24(19-27(25)35)42(38)34(10-9-33-11-14-39-15-12-33)20-28(36)26(16-21-4-2-1-3-5-21)32-30(37)41-23-17-22-8-13-40-29(22)18-23/h1-7,19,22-23,26,28-29,35-36H,8-18,20H2,(H,32,37)/t22-,23+,26-,28+,29+,42?/m0/s1. The third kappa shape index (κ3) is 8.51. The Kier molecular flexibility index (Phi) is 11.2. The Bertz CT molecular complexity index is 1150. The SMILES string of the molecule is O=C(N[C@@H](Cc1ccccc1)[C@H](O)CN(CCN1CCOCC1)[S+]([O-])c1ccc(Cl)c(O)c1)O[C@@H]1C[C@@H]2CCO[C@@H]2C1. The summed E-state index contributed by atoms with van der Waals surface area (Å²) in [7, 11) is 0. The molecule has 3 N–H and O–H groups in total. The molecule has 1 aliphatic carbocycles. The van der Waals surface area contributed by atoms with Gasteiger partial charge in [0.15, 0.2) is 4.90 Å². The lowest BCUT2D eigenvalue weighted by Crippen LogP contribution is -2.52. The van der Waals surface area contributed by atoms with Gasteiger partial charge in [0.25, 0.3) is 0 Å². The Morgan fingerprint density at radius 2 is 1.98 bits per heavy atom. The summed E-state index contributed by atoms with van der Waals surface area (Å²) in [6.07, 6.45) is 1.10. The molecular weight excluding hydrogens is 582 g/mol. The van der Waals surface area contributed by atoms with Gasteiger partial charge in [0.1, 0.15) is 11.9 Å². The molecule has 3 aliphatic rings. The van der Waals surface area contributed by atoms with Crippen molar-refractivity contribution in [2.45, 2.75) is 54.9 Å². The van der Waals surface area contributed by atoms with Gasteiger partial charge in [-0.1, -0.05) is 41.9 Å². The van der Waals surface area contributed by atoms with Gasteiger partial charge in [0.05, 0.1) is 60.9 Å². The minimum absolute atomic E-state index is 0.0134. The number of aliphatic hydroxyl groups is 1. The molecule has 0 spiro atoms. The summed E-state index contributed by atoms with van der Waals surface area (Å²) in [6, 6.07) is 13.4. The fraction of sp³-hybridized carbons (Fsp3) is 0.567. The summed E-state index contributed by atoms with van der Waals surface area (Å²) in [6.45, 7) is 4.59. The molecule has 230 valence electrons. The fourth-order valence-electron chi connectivity index (χ4n) is 5.91. The predicted molar refractivity (Wildman–Crippen MR) is 159 cm³/mol. The number of halogens is 1. The van der Waals surface area contributed by atoms with Crippen LogP contribution in [0.2, 0.25) is 5.02 Å². The number of phenols is 1. The van der Waals surface area contributed by atoms with Crippen LogP contribution in [0.4, 0.5) is 4.79 Å². The van der Waals surface area contributed by atoms with E-state index in [0.29, 0.717) is 50.0 Å². The molecule has 2 saturated heterocycles. The van der Waals surface area contributed by atoms with Crippen LogP contribution in [0, 0.1) is 5.92 Å². The normalized spacial score (nSPS) is 24.7. The summed E-state index contributed by atoms with van der Waals surface area (Å²) >= 11 is 4.28. The zero-order valence-electron chi connectivity index (χ0n) is 23.6. The number of phenolic OH excluding ortho intramolecular Hbond substituents is 1. The van der Waals surface area contributed by atoms with Crippen molar-refractivity contribution in [2.24, 2.45) is 5.92 Å². The molecule has 1 unspecified atom stereocenters. The lowest BCUT2D eigenvalue weighted by molar-refractivity contribution is 0.0336. The minimum Gasteiger partial charge on any atom is -0.593 e. The number of carbonyl (C=O) groups is 1. The summed E-state index contributed by atoms with van der Waals surface area (Å²) in [5.74, 6) is 0.264. The van der Waals surface area contributed by atoms with Crippen molar-refractivity contribution in [2.75, 3.05) is 52.5 Å². The Balaban J connectivity index is 1.28. The van der Waals surface area contributed by atoms with Crippen molar-refractivity contribution in [3.63, 3.8) is 0 Å². The van der Waals surface area contributed by atoms with E-state index in [4.69, 9.17) is 25.8 Å². The van der Waals surface area contributed by atoms with Crippen molar-refractivity contribution >= 4 is 29.1 Å². The number of amides is 1. The molecule has 2 aromatic carbocycles. The molecule has 2 aromatic rings. The molecule has 1 amide bonds. The summed E-state index contributed by atoms with van der Waals surface area (Å²) in [4.78, 5) is 15.6. The molecule has 2 heterocycles. The van der Waals surface area contributed by atoms with Gasteiger partial charge in [-0.05, 0) is 42.9 Å². The Labute approximate surface area is 255 Å². The van der Waals surface area contributed by atoms with Gasteiger partial charge in [0.2, 0.25) is 0 Å².